The Kier molecular flexibility index (Phi) is 2.56. The molecule has 1 aromatic heterocycles. The number of nitrogens with zero attached hydrogens (tertiary/aromatic N) is 2. The van der Waals surface area contributed by atoms with Gasteiger partial charge >= 0.3 is 5.35 Å². The van der Waals surface area contributed by atoms with Gasteiger partial charge in [-0.25, -0.2) is 0 Å². The van der Waals surface area contributed by atoms with E-state index in [4.69, 9.17) is 16.0 Å². The van der Waals surface area contributed by atoms with Crippen LogP contribution in [0.25, 0.3) is 0 Å². The van der Waals surface area contributed by atoms with Crippen molar-refractivity contribution in [2.24, 2.45) is 0 Å². The smallest absolute Gasteiger partial charge is 0.312 e. The normalized spacial score (nSPS) is 24.2. The largest absolute Gasteiger partial charge is 0.411 e. The van der Waals surface area contributed by atoms with Gasteiger partial charge in [-0.3, -0.25) is 0 Å². The van der Waals surface area contributed by atoms with Gasteiger partial charge in [0.2, 0.25) is 5.89 Å². The summed E-state index contributed by atoms with van der Waals surface area (Å²) in [4.78, 5) is 0. The van der Waals surface area contributed by atoms with Crippen LogP contribution in [0.4, 0.5) is 0 Å². The van der Waals surface area contributed by atoms with Crippen LogP contribution < -0.4 is 0 Å². The molecule has 1 fully saturated rings. The Balaban J connectivity index is 2.08. The summed E-state index contributed by atoms with van der Waals surface area (Å²) < 4.78 is 5.15. The first-order valence-corrected chi connectivity index (χ1v) is 5.39. The average molecular weight is 205 g/mol. The molecule has 0 saturated carbocycles. The lowest BCUT2D eigenvalue weighted by molar-refractivity contribution is 0.474. The van der Waals surface area contributed by atoms with Crippen LogP contribution in [0.15, 0.2) is 4.42 Å². The third-order valence-electron chi connectivity index (χ3n) is 1.87. The van der Waals surface area contributed by atoms with Crippen molar-refractivity contribution in [3.05, 3.63) is 11.2 Å². The Morgan fingerprint density at radius 2 is 2.33 bits per heavy atom. The van der Waals surface area contributed by atoms with Gasteiger partial charge in [-0.1, -0.05) is 11.5 Å². The second-order valence-corrected chi connectivity index (χ2v) is 4.38. The van der Waals surface area contributed by atoms with Crippen molar-refractivity contribution in [3.8, 4) is 0 Å². The summed E-state index contributed by atoms with van der Waals surface area (Å²) in [6, 6.07) is 0. The fraction of sp³-hybridized carbons (Fsp3) is 0.714. The summed E-state index contributed by atoms with van der Waals surface area (Å²) in [6.45, 7) is 0. The van der Waals surface area contributed by atoms with E-state index in [1.165, 1.54) is 18.6 Å². The van der Waals surface area contributed by atoms with Crippen LogP contribution in [0.5, 0.6) is 0 Å². The Labute approximate surface area is 79.9 Å². The minimum Gasteiger partial charge on any atom is -0.411 e. The van der Waals surface area contributed by atoms with Gasteiger partial charge in [0.15, 0.2) is 0 Å². The zero-order chi connectivity index (χ0) is 8.39. The maximum atomic E-state index is 5.53. The van der Waals surface area contributed by atoms with Crippen molar-refractivity contribution in [1.29, 1.82) is 0 Å². The van der Waals surface area contributed by atoms with Crippen molar-refractivity contribution in [1.82, 2.24) is 10.2 Å². The van der Waals surface area contributed by atoms with Gasteiger partial charge in [0, 0.05) is 0 Å². The molecule has 5 heteroatoms. The Morgan fingerprint density at radius 3 is 2.92 bits per heavy atom. The molecule has 1 unspecified atom stereocenters. The summed E-state index contributed by atoms with van der Waals surface area (Å²) in [5.74, 6) is 1.87. The fourth-order valence-electron chi connectivity index (χ4n) is 1.28. The molecule has 2 rings (SSSR count). The van der Waals surface area contributed by atoms with Crippen LogP contribution in [0.2, 0.25) is 5.35 Å². The molecule has 1 saturated heterocycles. The molecule has 12 heavy (non-hydrogen) atoms. The third-order valence-corrected chi connectivity index (χ3v) is 3.39. The SMILES string of the molecule is Clc1nnc(C2CCCCS2)o1. The van der Waals surface area contributed by atoms with Crippen LogP contribution in [-0.2, 0) is 0 Å². The summed E-state index contributed by atoms with van der Waals surface area (Å²) in [5.41, 5.74) is 0. The minimum atomic E-state index is 0.149. The molecule has 1 atom stereocenters. The zero-order valence-electron chi connectivity index (χ0n) is 6.49. The van der Waals surface area contributed by atoms with Gasteiger partial charge in [-0.15, -0.1) is 16.9 Å². The molecule has 1 aliphatic heterocycles. The molecule has 1 aliphatic rings. The van der Waals surface area contributed by atoms with E-state index in [1.54, 1.807) is 0 Å². The van der Waals surface area contributed by atoms with Crippen molar-refractivity contribution in [2.75, 3.05) is 5.75 Å². The number of halogens is 1. The molecule has 66 valence electrons. The molecule has 2 heterocycles. The van der Waals surface area contributed by atoms with Crippen LogP contribution in [0, 0.1) is 0 Å². The Hall–Kier alpha value is -0.220. The quantitative estimate of drug-likeness (QED) is 0.705. The van der Waals surface area contributed by atoms with Gasteiger partial charge in [0.25, 0.3) is 0 Å². The maximum absolute atomic E-state index is 5.53. The van der Waals surface area contributed by atoms with Crippen LogP contribution in [-0.4, -0.2) is 16.0 Å². The van der Waals surface area contributed by atoms with E-state index in [2.05, 4.69) is 10.2 Å². The van der Waals surface area contributed by atoms with Gasteiger partial charge in [0.05, 0.1) is 5.25 Å². The molecule has 3 nitrogen and oxygen atoms in total. The van der Waals surface area contributed by atoms with Gasteiger partial charge < -0.3 is 4.42 Å². The van der Waals surface area contributed by atoms with Crippen molar-refractivity contribution in [3.63, 3.8) is 0 Å². The summed E-state index contributed by atoms with van der Waals surface area (Å²) in [5, 5.41) is 8.02. The van der Waals surface area contributed by atoms with Gasteiger partial charge in [-0.2, -0.15) is 0 Å². The van der Waals surface area contributed by atoms with Gasteiger partial charge in [-0.05, 0) is 30.2 Å². The number of hydrogen-bond donors (Lipinski definition) is 0. The number of hydrogen-bond acceptors (Lipinski definition) is 4. The van der Waals surface area contributed by atoms with Crippen molar-refractivity contribution >= 4 is 23.4 Å². The predicted molar refractivity (Wildman–Crippen MR) is 48.4 cm³/mol. The highest BCUT2D eigenvalue weighted by Crippen LogP contribution is 2.37. The van der Waals surface area contributed by atoms with Crippen LogP contribution in [0.1, 0.15) is 30.4 Å². The number of aromatic nitrogens is 2. The van der Waals surface area contributed by atoms with E-state index < -0.39 is 0 Å². The molecule has 1 aromatic rings. The van der Waals surface area contributed by atoms with E-state index in [0.717, 1.165) is 6.42 Å². The summed E-state index contributed by atoms with van der Waals surface area (Å²) in [7, 11) is 0. The highest BCUT2D eigenvalue weighted by Gasteiger charge is 2.21. The van der Waals surface area contributed by atoms with Crippen LogP contribution >= 0.6 is 23.4 Å². The number of thioether (sulfide) groups is 1. The second-order valence-electron chi connectivity index (χ2n) is 2.75. The first-order chi connectivity index (χ1) is 5.86. The second kappa shape index (κ2) is 3.66. The molecular formula is C7H9ClN2OS. The molecule has 0 aliphatic carbocycles. The van der Waals surface area contributed by atoms with E-state index >= 15 is 0 Å². The number of rotatable bonds is 1. The summed E-state index contributed by atoms with van der Waals surface area (Å²) in [6.07, 6.45) is 3.67. The Morgan fingerprint density at radius 1 is 1.42 bits per heavy atom. The molecular weight excluding hydrogens is 196 g/mol. The van der Waals surface area contributed by atoms with E-state index in [-0.39, 0.29) is 5.35 Å². The fourth-order valence-corrected chi connectivity index (χ4v) is 2.62. The first kappa shape index (κ1) is 8.38. The van der Waals surface area contributed by atoms with Crippen LogP contribution in [0.3, 0.4) is 0 Å². The topological polar surface area (TPSA) is 38.9 Å². The lowest BCUT2D eigenvalue weighted by Crippen LogP contribution is -2.02. The van der Waals surface area contributed by atoms with Gasteiger partial charge in [0.1, 0.15) is 0 Å². The summed E-state index contributed by atoms with van der Waals surface area (Å²) >= 11 is 7.40. The lowest BCUT2D eigenvalue weighted by atomic mass is 10.2. The standard InChI is InChI=1S/C7H9ClN2OS/c8-7-10-9-6(11-7)5-3-1-2-4-12-5/h5H,1-4H2. The molecule has 0 bridgehead atoms. The predicted octanol–water partition coefficient (Wildman–Crippen LogP) is 2.68. The zero-order valence-corrected chi connectivity index (χ0v) is 8.07. The monoisotopic (exact) mass is 204 g/mol. The van der Waals surface area contributed by atoms with E-state index in [1.807, 2.05) is 11.8 Å². The van der Waals surface area contributed by atoms with Crippen molar-refractivity contribution in [2.45, 2.75) is 24.5 Å². The average Bonchev–Trinajstić information content (AvgIpc) is 2.54. The minimum absolute atomic E-state index is 0.149. The molecule has 0 aromatic carbocycles. The molecule has 0 N–H and O–H groups in total. The molecule has 0 spiro atoms. The first-order valence-electron chi connectivity index (χ1n) is 3.97. The highest BCUT2D eigenvalue weighted by atomic mass is 35.5. The Bertz CT molecular complexity index is 260. The van der Waals surface area contributed by atoms with E-state index in [9.17, 15) is 0 Å². The molecule has 0 amide bonds. The maximum Gasteiger partial charge on any atom is 0.312 e. The third kappa shape index (κ3) is 1.75. The van der Waals surface area contributed by atoms with Crippen molar-refractivity contribution < 1.29 is 4.42 Å². The van der Waals surface area contributed by atoms with E-state index in [0.29, 0.717) is 11.1 Å². The molecule has 0 radical (unpaired) electrons. The lowest BCUT2D eigenvalue weighted by Gasteiger charge is -2.16. The highest BCUT2D eigenvalue weighted by molar-refractivity contribution is 7.99.